The van der Waals surface area contributed by atoms with E-state index < -0.39 is 6.29 Å². The van der Waals surface area contributed by atoms with E-state index in [0.717, 1.165) is 10.0 Å². The fourth-order valence-corrected chi connectivity index (χ4v) is 4.23. The van der Waals surface area contributed by atoms with E-state index >= 15 is 0 Å². The van der Waals surface area contributed by atoms with Crippen molar-refractivity contribution in [2.45, 2.75) is 12.9 Å². The lowest BCUT2D eigenvalue weighted by Gasteiger charge is -2.36. The first-order chi connectivity index (χ1) is 10.7. The largest absolute Gasteiger partial charge is 0.376 e. The summed E-state index contributed by atoms with van der Waals surface area (Å²) in [4.78, 5) is 0. The average molecular weight is 365 g/mol. The molecule has 1 saturated heterocycles. The van der Waals surface area contributed by atoms with Crippen molar-refractivity contribution < 1.29 is 14.6 Å². The molecule has 4 heteroatoms. The Balaban J connectivity index is 1.66. The zero-order chi connectivity index (χ0) is 15.5. The number of hydrogen-bond donors (Lipinski definition) is 1. The van der Waals surface area contributed by atoms with Gasteiger partial charge in [-0.25, -0.2) is 0 Å². The van der Waals surface area contributed by atoms with E-state index in [1.165, 1.54) is 0 Å². The Morgan fingerprint density at radius 1 is 1.36 bits per heavy atom. The molecule has 0 saturated carbocycles. The summed E-state index contributed by atoms with van der Waals surface area (Å²) in [6, 6.07) is 10.1. The Bertz CT molecular complexity index is 543. The number of aliphatic hydroxyl groups excluding tert-OH is 1. The van der Waals surface area contributed by atoms with E-state index in [-0.39, 0.29) is 23.7 Å². The van der Waals surface area contributed by atoms with E-state index in [0.29, 0.717) is 19.8 Å². The molecule has 1 aliphatic heterocycles. The summed E-state index contributed by atoms with van der Waals surface area (Å²) in [5.74, 6) is 0.651. The van der Waals surface area contributed by atoms with Crippen molar-refractivity contribution in [3.05, 3.63) is 59.1 Å². The van der Waals surface area contributed by atoms with Gasteiger partial charge in [0.1, 0.15) is 0 Å². The first-order valence-electron chi connectivity index (χ1n) is 7.62. The van der Waals surface area contributed by atoms with E-state index in [1.54, 1.807) is 0 Å². The van der Waals surface area contributed by atoms with Gasteiger partial charge in [0.2, 0.25) is 0 Å². The van der Waals surface area contributed by atoms with Crippen LogP contribution in [-0.2, 0) is 16.1 Å². The van der Waals surface area contributed by atoms with Crippen LogP contribution in [0.15, 0.2) is 53.5 Å². The summed E-state index contributed by atoms with van der Waals surface area (Å²) >= 11 is 3.67. The number of allylic oxidation sites excluding steroid dienone is 1. The maximum Gasteiger partial charge on any atom is 0.158 e. The zero-order valence-electron chi connectivity index (χ0n) is 12.4. The number of fused-ring (bicyclic) bond motifs is 1. The minimum absolute atomic E-state index is 0.0733. The second kappa shape index (κ2) is 7.09. The van der Waals surface area contributed by atoms with Crippen molar-refractivity contribution in [2.24, 2.45) is 23.7 Å². The monoisotopic (exact) mass is 364 g/mol. The molecule has 1 aliphatic carbocycles. The van der Waals surface area contributed by atoms with Crippen LogP contribution in [0.25, 0.3) is 0 Å². The van der Waals surface area contributed by atoms with Crippen LogP contribution in [-0.4, -0.2) is 24.6 Å². The minimum Gasteiger partial charge on any atom is -0.376 e. The van der Waals surface area contributed by atoms with Gasteiger partial charge >= 0.3 is 0 Å². The van der Waals surface area contributed by atoms with Crippen LogP contribution in [0.2, 0.25) is 0 Å². The van der Waals surface area contributed by atoms with E-state index in [2.05, 4.69) is 40.7 Å². The highest BCUT2D eigenvalue weighted by molar-refractivity contribution is 9.11. The van der Waals surface area contributed by atoms with Crippen molar-refractivity contribution >= 4 is 15.9 Å². The highest BCUT2D eigenvalue weighted by Crippen LogP contribution is 2.46. The second-order valence-corrected chi connectivity index (χ2v) is 6.85. The van der Waals surface area contributed by atoms with E-state index in [1.807, 2.05) is 24.3 Å². The predicted molar refractivity (Wildman–Crippen MR) is 89.2 cm³/mol. The van der Waals surface area contributed by atoms with Crippen molar-refractivity contribution in [3.8, 4) is 0 Å². The Labute approximate surface area is 139 Å². The maximum atomic E-state index is 10.1. The van der Waals surface area contributed by atoms with Gasteiger partial charge in [0.15, 0.2) is 6.29 Å². The van der Waals surface area contributed by atoms with Crippen LogP contribution < -0.4 is 0 Å². The van der Waals surface area contributed by atoms with Gasteiger partial charge in [0, 0.05) is 17.8 Å². The lowest BCUT2D eigenvalue weighted by Crippen LogP contribution is -2.37. The third-order valence-corrected chi connectivity index (χ3v) is 5.45. The summed E-state index contributed by atoms with van der Waals surface area (Å²) in [5, 5.41) is 10.1. The normalized spacial score (nSPS) is 34.1. The second-order valence-electron chi connectivity index (χ2n) is 5.94. The van der Waals surface area contributed by atoms with Crippen molar-refractivity contribution in [1.29, 1.82) is 0 Å². The molecule has 5 atom stereocenters. The molecule has 0 radical (unpaired) electrons. The first kappa shape index (κ1) is 15.9. The van der Waals surface area contributed by atoms with Gasteiger partial charge in [0.05, 0.1) is 19.8 Å². The third kappa shape index (κ3) is 3.20. The van der Waals surface area contributed by atoms with Crippen LogP contribution in [0.3, 0.4) is 0 Å². The summed E-state index contributed by atoms with van der Waals surface area (Å²) in [6.45, 7) is 5.72. The van der Waals surface area contributed by atoms with Crippen LogP contribution in [0.4, 0.5) is 0 Å². The number of hydrogen-bond acceptors (Lipinski definition) is 3. The molecule has 1 unspecified atom stereocenters. The third-order valence-electron chi connectivity index (χ3n) is 4.60. The number of aliphatic hydroxyl groups is 1. The molecule has 3 rings (SSSR count). The molecule has 118 valence electrons. The maximum absolute atomic E-state index is 10.1. The molecule has 3 nitrogen and oxygen atoms in total. The molecule has 0 spiro atoms. The zero-order valence-corrected chi connectivity index (χ0v) is 14.0. The molecule has 1 aromatic carbocycles. The summed E-state index contributed by atoms with van der Waals surface area (Å²) in [7, 11) is 0. The van der Waals surface area contributed by atoms with Crippen LogP contribution in [0, 0.1) is 23.7 Å². The van der Waals surface area contributed by atoms with Gasteiger partial charge in [-0.05, 0) is 16.0 Å². The fourth-order valence-electron chi connectivity index (χ4n) is 3.45. The minimum atomic E-state index is -0.707. The topological polar surface area (TPSA) is 38.7 Å². The standard InChI is InChI=1S/C18H21BrO3/c1-2-14-15(11-21-9-12-6-4-3-5-7-12)16(19)8-13-10-22-18(20)17(13)14/h2-8,13-15,17-18,20H,1,9-11H2/t13-,14+,15+,17+,18?/m1/s1. The number of rotatable bonds is 5. The number of benzene rings is 1. The molecule has 2 aliphatic rings. The predicted octanol–water partition coefficient (Wildman–Crippen LogP) is 3.50. The Kier molecular flexibility index (Phi) is 5.14. The molecule has 0 amide bonds. The molecular weight excluding hydrogens is 344 g/mol. The van der Waals surface area contributed by atoms with Gasteiger partial charge in [-0.3, -0.25) is 0 Å². The van der Waals surface area contributed by atoms with Gasteiger partial charge in [-0.2, -0.15) is 0 Å². The van der Waals surface area contributed by atoms with Crippen LogP contribution in [0.1, 0.15) is 5.56 Å². The van der Waals surface area contributed by atoms with Crippen molar-refractivity contribution in [1.82, 2.24) is 0 Å². The first-order valence-corrected chi connectivity index (χ1v) is 8.41. The highest BCUT2D eigenvalue weighted by Gasteiger charge is 2.46. The quantitative estimate of drug-likeness (QED) is 0.812. The van der Waals surface area contributed by atoms with Gasteiger partial charge in [0.25, 0.3) is 0 Å². The molecule has 1 fully saturated rings. The van der Waals surface area contributed by atoms with Crippen molar-refractivity contribution in [2.75, 3.05) is 13.2 Å². The van der Waals surface area contributed by atoms with Gasteiger partial charge in [-0.1, -0.05) is 58.4 Å². The van der Waals surface area contributed by atoms with Gasteiger partial charge < -0.3 is 14.6 Å². The summed E-state index contributed by atoms with van der Waals surface area (Å²) in [6.07, 6.45) is 3.39. The smallest absolute Gasteiger partial charge is 0.158 e. The molecule has 0 aromatic heterocycles. The van der Waals surface area contributed by atoms with E-state index in [4.69, 9.17) is 9.47 Å². The van der Waals surface area contributed by atoms with Crippen LogP contribution >= 0.6 is 15.9 Å². The van der Waals surface area contributed by atoms with Crippen molar-refractivity contribution in [3.63, 3.8) is 0 Å². The molecule has 0 bridgehead atoms. The lowest BCUT2D eigenvalue weighted by atomic mass is 9.71. The Morgan fingerprint density at radius 3 is 2.86 bits per heavy atom. The molecule has 1 N–H and O–H groups in total. The van der Waals surface area contributed by atoms with E-state index in [9.17, 15) is 5.11 Å². The molecule has 1 heterocycles. The summed E-state index contributed by atoms with van der Waals surface area (Å²) < 4.78 is 12.4. The summed E-state index contributed by atoms with van der Waals surface area (Å²) in [5.41, 5.74) is 1.16. The average Bonchev–Trinajstić information content (AvgIpc) is 2.89. The highest BCUT2D eigenvalue weighted by atomic mass is 79.9. The molecule has 1 aromatic rings. The van der Waals surface area contributed by atoms with Gasteiger partial charge in [-0.15, -0.1) is 6.58 Å². The Hall–Kier alpha value is -0.940. The fraction of sp³-hybridized carbons (Fsp3) is 0.444. The molecular formula is C18H21BrO3. The lowest BCUT2D eigenvalue weighted by molar-refractivity contribution is -0.0951. The SMILES string of the molecule is C=C[C@@H]1[C@H]2C(O)OC[C@H]2C=C(Br)[C@H]1COCc1ccccc1. The number of halogens is 1. The number of ether oxygens (including phenoxy) is 2. The van der Waals surface area contributed by atoms with Crippen LogP contribution in [0.5, 0.6) is 0 Å². The Morgan fingerprint density at radius 2 is 2.14 bits per heavy atom. The molecule has 22 heavy (non-hydrogen) atoms.